The van der Waals surface area contributed by atoms with Crippen molar-refractivity contribution >= 4 is 0 Å². The molecule has 104 valence electrons. The molecule has 0 saturated heterocycles. The molecule has 1 nitrogen and oxygen atoms in total. The first-order valence-corrected chi connectivity index (χ1v) is 7.05. The summed E-state index contributed by atoms with van der Waals surface area (Å²) in [6.45, 7) is 0.747. The lowest BCUT2D eigenvalue weighted by molar-refractivity contribution is -0.368. The number of quaternary nitrogens is 1. The van der Waals surface area contributed by atoms with Crippen molar-refractivity contribution in [2.75, 3.05) is 6.54 Å². The largest absolute Gasteiger partial charge is 0.358 e. The lowest BCUT2D eigenvalue weighted by Crippen LogP contribution is -2.50. The molecule has 1 aliphatic carbocycles. The van der Waals surface area contributed by atoms with Gasteiger partial charge in [0.25, 0.3) is 0 Å². The van der Waals surface area contributed by atoms with Gasteiger partial charge in [0, 0.05) is 12.3 Å². The van der Waals surface area contributed by atoms with Crippen LogP contribution in [0.4, 0.5) is 8.78 Å². The molecular formula is C17H18F2N+. The summed E-state index contributed by atoms with van der Waals surface area (Å²) < 4.78 is 27.2. The fourth-order valence-electron chi connectivity index (χ4n) is 3.19. The summed E-state index contributed by atoms with van der Waals surface area (Å²) in [6.07, 6.45) is 2.57. The highest BCUT2D eigenvalue weighted by molar-refractivity contribution is 5.45. The van der Waals surface area contributed by atoms with Crippen LogP contribution < -0.4 is 5.73 Å². The van der Waals surface area contributed by atoms with Gasteiger partial charge in [-0.25, -0.2) is 8.78 Å². The molecule has 3 heteroatoms. The van der Waals surface area contributed by atoms with E-state index in [-0.39, 0.29) is 17.6 Å². The topological polar surface area (TPSA) is 27.6 Å². The second-order valence-corrected chi connectivity index (χ2v) is 5.38. The fourth-order valence-corrected chi connectivity index (χ4v) is 3.19. The average molecular weight is 274 g/mol. The lowest BCUT2D eigenvalue weighted by atomic mass is 9.85. The minimum Gasteiger partial charge on any atom is -0.358 e. The van der Waals surface area contributed by atoms with Crippen molar-refractivity contribution in [2.24, 2.45) is 0 Å². The Balaban J connectivity index is 2.18. The van der Waals surface area contributed by atoms with Crippen molar-refractivity contribution in [1.82, 2.24) is 0 Å². The molecule has 0 atom stereocenters. The summed E-state index contributed by atoms with van der Waals surface area (Å²) in [4.78, 5) is 0. The van der Waals surface area contributed by atoms with E-state index in [9.17, 15) is 8.78 Å². The minimum absolute atomic E-state index is 0.0476. The Kier molecular flexibility index (Phi) is 3.53. The zero-order chi connectivity index (χ0) is 14.1. The van der Waals surface area contributed by atoms with E-state index in [1.807, 2.05) is 12.1 Å². The first-order valence-electron chi connectivity index (χ1n) is 7.05. The maximum absolute atomic E-state index is 13.6. The maximum atomic E-state index is 13.6. The van der Waals surface area contributed by atoms with E-state index < -0.39 is 0 Å². The molecule has 0 spiro atoms. The molecule has 0 amide bonds. The van der Waals surface area contributed by atoms with Crippen LogP contribution in [0.3, 0.4) is 0 Å². The minimum atomic E-state index is -0.224. The Morgan fingerprint density at radius 1 is 0.900 bits per heavy atom. The molecule has 3 rings (SSSR count). The van der Waals surface area contributed by atoms with Gasteiger partial charge in [0.15, 0.2) is 0 Å². The summed E-state index contributed by atoms with van der Waals surface area (Å²) in [6, 6.07) is 9.96. The van der Waals surface area contributed by atoms with Crippen LogP contribution in [0.2, 0.25) is 0 Å². The Labute approximate surface area is 117 Å². The highest BCUT2D eigenvalue weighted by Gasteiger charge is 2.24. The molecule has 2 aromatic carbocycles. The number of hydrogen-bond donors (Lipinski definition) is 1. The molecule has 0 heterocycles. The highest BCUT2D eigenvalue weighted by Crippen LogP contribution is 2.36. The van der Waals surface area contributed by atoms with Gasteiger partial charge in [-0.2, -0.15) is 0 Å². The van der Waals surface area contributed by atoms with E-state index in [2.05, 4.69) is 5.73 Å². The van der Waals surface area contributed by atoms with Gasteiger partial charge in [-0.1, -0.05) is 12.1 Å². The van der Waals surface area contributed by atoms with E-state index in [1.54, 1.807) is 12.1 Å². The van der Waals surface area contributed by atoms with E-state index >= 15 is 0 Å². The number of benzene rings is 2. The Morgan fingerprint density at radius 2 is 1.40 bits per heavy atom. The summed E-state index contributed by atoms with van der Waals surface area (Å²) in [5.74, 6) is -0.401. The number of rotatable bonds is 2. The van der Waals surface area contributed by atoms with E-state index in [0.29, 0.717) is 0 Å². The van der Waals surface area contributed by atoms with E-state index in [0.717, 1.165) is 36.9 Å². The van der Waals surface area contributed by atoms with Gasteiger partial charge in [0.2, 0.25) is 0 Å². The van der Waals surface area contributed by atoms with Crippen molar-refractivity contribution in [3.8, 4) is 0 Å². The van der Waals surface area contributed by atoms with Gasteiger partial charge in [-0.3, -0.25) is 0 Å². The van der Waals surface area contributed by atoms with Crippen molar-refractivity contribution in [1.29, 1.82) is 0 Å². The van der Waals surface area contributed by atoms with Crippen LogP contribution in [-0.4, -0.2) is 6.54 Å². The number of fused-ring (bicyclic) bond motifs is 2. The molecular weight excluding hydrogens is 256 g/mol. The standard InChI is InChI=1S/C17H17F2N/c18-13-5-3-11-1-2-12-4-6-14(19)10-17(12)15(7-8-20)16(11)9-13/h3-6,9-10,15H,1-2,7-8,20H2/p+1. The van der Waals surface area contributed by atoms with Crippen LogP contribution in [0.1, 0.15) is 34.6 Å². The molecule has 0 bridgehead atoms. The molecule has 1 aliphatic rings. The first-order chi connectivity index (χ1) is 9.69. The van der Waals surface area contributed by atoms with Crippen LogP contribution in [0.15, 0.2) is 36.4 Å². The van der Waals surface area contributed by atoms with E-state index in [4.69, 9.17) is 0 Å². The van der Waals surface area contributed by atoms with Crippen LogP contribution >= 0.6 is 0 Å². The van der Waals surface area contributed by atoms with Crippen LogP contribution in [-0.2, 0) is 12.8 Å². The molecule has 0 unspecified atom stereocenters. The third-order valence-corrected chi connectivity index (χ3v) is 4.12. The van der Waals surface area contributed by atoms with Crippen LogP contribution in [0, 0.1) is 11.6 Å². The van der Waals surface area contributed by atoms with E-state index in [1.165, 1.54) is 23.3 Å². The predicted molar refractivity (Wildman–Crippen MR) is 74.4 cm³/mol. The second kappa shape index (κ2) is 5.33. The van der Waals surface area contributed by atoms with Crippen LogP contribution in [0.5, 0.6) is 0 Å². The summed E-state index contributed by atoms with van der Waals surface area (Å²) in [7, 11) is 0. The molecule has 0 aromatic heterocycles. The number of aryl methyl sites for hydroxylation is 2. The maximum Gasteiger partial charge on any atom is 0.123 e. The smallest absolute Gasteiger partial charge is 0.123 e. The molecule has 0 aliphatic heterocycles. The highest BCUT2D eigenvalue weighted by atomic mass is 19.1. The van der Waals surface area contributed by atoms with Gasteiger partial charge in [0.05, 0.1) is 6.54 Å². The van der Waals surface area contributed by atoms with Gasteiger partial charge < -0.3 is 5.73 Å². The summed E-state index contributed by atoms with van der Waals surface area (Å²) in [5.41, 5.74) is 8.25. The lowest BCUT2D eigenvalue weighted by Gasteiger charge is -2.19. The molecule has 0 radical (unpaired) electrons. The molecule has 2 aromatic rings. The Morgan fingerprint density at radius 3 is 1.85 bits per heavy atom. The van der Waals surface area contributed by atoms with Gasteiger partial charge in [0.1, 0.15) is 11.6 Å². The normalized spacial score (nSPS) is 14.6. The fraction of sp³-hybridized carbons (Fsp3) is 0.294. The average Bonchev–Trinajstić information content (AvgIpc) is 2.57. The first kappa shape index (κ1) is 13.3. The van der Waals surface area contributed by atoms with Crippen molar-refractivity contribution in [3.05, 3.63) is 70.3 Å². The third kappa shape index (κ3) is 2.34. The van der Waals surface area contributed by atoms with Crippen molar-refractivity contribution < 1.29 is 14.5 Å². The van der Waals surface area contributed by atoms with Gasteiger partial charge in [-0.05, 0) is 59.4 Å². The zero-order valence-corrected chi connectivity index (χ0v) is 11.3. The molecule has 3 N–H and O–H groups in total. The molecule has 0 saturated carbocycles. The van der Waals surface area contributed by atoms with Crippen LogP contribution in [0.25, 0.3) is 0 Å². The summed E-state index contributed by atoms with van der Waals surface area (Å²) in [5, 5.41) is 0. The monoisotopic (exact) mass is 274 g/mol. The summed E-state index contributed by atoms with van der Waals surface area (Å²) >= 11 is 0. The molecule has 0 fully saturated rings. The van der Waals surface area contributed by atoms with Crippen molar-refractivity contribution in [3.63, 3.8) is 0 Å². The Hall–Kier alpha value is -1.74. The van der Waals surface area contributed by atoms with Gasteiger partial charge >= 0.3 is 0 Å². The third-order valence-electron chi connectivity index (χ3n) is 4.12. The SMILES string of the molecule is [NH3+]CCC1c2cc(F)ccc2CCc2ccc(F)cc21. The predicted octanol–water partition coefficient (Wildman–Crippen LogP) is 2.83. The van der Waals surface area contributed by atoms with Gasteiger partial charge in [-0.15, -0.1) is 0 Å². The number of halogens is 2. The Bertz CT molecular complexity index is 583. The number of hydrogen-bond acceptors (Lipinski definition) is 0. The molecule has 20 heavy (non-hydrogen) atoms. The second-order valence-electron chi connectivity index (χ2n) is 5.38. The van der Waals surface area contributed by atoms with Crippen molar-refractivity contribution in [2.45, 2.75) is 25.2 Å². The zero-order valence-electron chi connectivity index (χ0n) is 11.3. The quantitative estimate of drug-likeness (QED) is 0.872.